The molecule has 0 radical (unpaired) electrons. The molecule has 0 saturated heterocycles. The largest absolute Gasteiger partial charge is 0.390 e. The fraction of sp³-hybridized carbons (Fsp3) is 0.632. The molecule has 0 amide bonds. The lowest BCUT2D eigenvalue weighted by atomic mass is 9.47. The predicted octanol–water partition coefficient (Wildman–Crippen LogP) is 1.52. The highest BCUT2D eigenvalue weighted by Gasteiger charge is 2.60. The van der Waals surface area contributed by atoms with Crippen molar-refractivity contribution < 1.29 is 20.1 Å². The molecule has 0 aliphatic heterocycles. The lowest BCUT2D eigenvalue weighted by molar-refractivity contribution is -0.184. The van der Waals surface area contributed by atoms with Crippen LogP contribution < -0.4 is 0 Å². The Hall–Kier alpha value is -1.23. The second-order valence-corrected chi connectivity index (χ2v) is 8.00. The standard InChI is InChI=1S/C19H24O4/c1-9-8-19(2)13(11-5-3-4-10(9)11)7-14(20)12-6-15(21)17(22)18(23)16(12)19/h3-5,12-13,15-18,21-23H,6-8H2,1-2H3. The van der Waals surface area contributed by atoms with Crippen molar-refractivity contribution in [3.8, 4) is 0 Å². The first kappa shape index (κ1) is 15.3. The van der Waals surface area contributed by atoms with Gasteiger partial charge in [0.1, 0.15) is 11.9 Å². The average Bonchev–Trinajstić information content (AvgIpc) is 2.97. The summed E-state index contributed by atoms with van der Waals surface area (Å²) in [6.07, 6.45) is 4.56. The normalized spacial score (nSPS) is 48.7. The minimum absolute atomic E-state index is 0.0852. The number of ketones is 1. The second-order valence-electron chi connectivity index (χ2n) is 8.00. The highest BCUT2D eigenvalue weighted by molar-refractivity contribution is 5.84. The van der Waals surface area contributed by atoms with Crippen molar-refractivity contribution in [2.24, 2.45) is 23.2 Å². The SMILES string of the molecule is CC1=C2C=CC=C2C2CC(=O)C3CC(O)C(O)C(O)C3C2(C)C1. The van der Waals surface area contributed by atoms with E-state index < -0.39 is 18.3 Å². The maximum atomic E-state index is 12.7. The van der Waals surface area contributed by atoms with Crippen LogP contribution in [-0.2, 0) is 4.79 Å². The quantitative estimate of drug-likeness (QED) is 0.633. The van der Waals surface area contributed by atoms with Gasteiger partial charge in [-0.15, -0.1) is 0 Å². The van der Waals surface area contributed by atoms with E-state index in [0.717, 1.165) is 6.42 Å². The van der Waals surface area contributed by atoms with E-state index in [0.29, 0.717) is 6.42 Å². The zero-order valence-electron chi connectivity index (χ0n) is 13.6. The van der Waals surface area contributed by atoms with Crippen LogP contribution in [0.2, 0.25) is 0 Å². The molecule has 0 aromatic carbocycles. The van der Waals surface area contributed by atoms with E-state index in [1.807, 2.05) is 6.08 Å². The first-order valence-electron chi connectivity index (χ1n) is 8.50. The number of fused-ring (bicyclic) bond motifs is 5. The number of hydrogen-bond donors (Lipinski definition) is 3. The Balaban J connectivity index is 1.82. The molecule has 0 aromatic rings. The molecule has 0 spiro atoms. The number of Topliss-reactive ketones (excluding diaryl/α,β-unsaturated/α-hetero) is 1. The summed E-state index contributed by atoms with van der Waals surface area (Å²) in [6.45, 7) is 4.26. The monoisotopic (exact) mass is 316 g/mol. The van der Waals surface area contributed by atoms with Crippen molar-refractivity contribution in [3.05, 3.63) is 34.9 Å². The van der Waals surface area contributed by atoms with Crippen molar-refractivity contribution in [1.82, 2.24) is 0 Å². The number of allylic oxidation sites excluding steroid dienone is 6. The van der Waals surface area contributed by atoms with E-state index in [4.69, 9.17) is 0 Å². The molecule has 4 aliphatic rings. The third-order valence-corrected chi connectivity index (χ3v) is 6.75. The van der Waals surface area contributed by atoms with Gasteiger partial charge in [0, 0.05) is 18.3 Å². The first-order chi connectivity index (χ1) is 10.8. The summed E-state index contributed by atoms with van der Waals surface area (Å²) >= 11 is 0. The third kappa shape index (κ3) is 1.92. The lowest BCUT2D eigenvalue weighted by Gasteiger charge is -2.58. The van der Waals surface area contributed by atoms with E-state index in [9.17, 15) is 20.1 Å². The summed E-state index contributed by atoms with van der Waals surface area (Å²) in [5.41, 5.74) is 3.47. The number of hydrogen-bond acceptors (Lipinski definition) is 4. The summed E-state index contributed by atoms with van der Waals surface area (Å²) in [7, 11) is 0. The number of rotatable bonds is 0. The topological polar surface area (TPSA) is 77.8 Å². The van der Waals surface area contributed by atoms with Crippen LogP contribution in [0, 0.1) is 23.2 Å². The zero-order chi connectivity index (χ0) is 16.5. The van der Waals surface area contributed by atoms with Gasteiger partial charge in [-0.1, -0.05) is 30.7 Å². The van der Waals surface area contributed by atoms with Crippen LogP contribution in [0.4, 0.5) is 0 Å². The van der Waals surface area contributed by atoms with Crippen LogP contribution in [0.25, 0.3) is 0 Å². The molecule has 0 aromatic heterocycles. The van der Waals surface area contributed by atoms with Gasteiger partial charge in [-0.25, -0.2) is 0 Å². The number of carbonyl (C=O) groups is 1. The van der Waals surface area contributed by atoms with Crippen molar-refractivity contribution in [3.63, 3.8) is 0 Å². The van der Waals surface area contributed by atoms with Gasteiger partial charge in [0.2, 0.25) is 0 Å². The molecule has 4 rings (SSSR count). The van der Waals surface area contributed by atoms with Crippen LogP contribution in [-0.4, -0.2) is 39.4 Å². The summed E-state index contributed by atoms with van der Waals surface area (Å²) in [5, 5.41) is 30.9. The molecular weight excluding hydrogens is 292 g/mol. The van der Waals surface area contributed by atoms with Crippen LogP contribution >= 0.6 is 0 Å². The first-order valence-corrected chi connectivity index (χ1v) is 8.50. The molecule has 2 saturated carbocycles. The van der Waals surface area contributed by atoms with Gasteiger partial charge in [0.25, 0.3) is 0 Å². The summed E-state index contributed by atoms with van der Waals surface area (Å²) in [5.74, 6) is -0.449. The lowest BCUT2D eigenvalue weighted by Crippen LogP contribution is -2.62. The smallest absolute Gasteiger partial charge is 0.137 e. The summed E-state index contributed by atoms with van der Waals surface area (Å²) < 4.78 is 0. The maximum absolute atomic E-state index is 12.7. The van der Waals surface area contributed by atoms with Gasteiger partial charge < -0.3 is 15.3 Å². The van der Waals surface area contributed by atoms with Gasteiger partial charge in [-0.05, 0) is 42.2 Å². The van der Waals surface area contributed by atoms with Gasteiger partial charge in [-0.3, -0.25) is 4.79 Å². The number of carbonyl (C=O) groups excluding carboxylic acids is 1. The van der Waals surface area contributed by atoms with Crippen LogP contribution in [0.3, 0.4) is 0 Å². The maximum Gasteiger partial charge on any atom is 0.137 e. The molecular formula is C19H24O4. The molecule has 23 heavy (non-hydrogen) atoms. The van der Waals surface area contributed by atoms with Crippen molar-refractivity contribution in [2.45, 2.75) is 51.4 Å². The molecule has 2 fully saturated rings. The van der Waals surface area contributed by atoms with Crippen LogP contribution in [0.1, 0.15) is 33.1 Å². The Morgan fingerprint density at radius 2 is 1.96 bits per heavy atom. The van der Waals surface area contributed by atoms with Crippen molar-refractivity contribution >= 4 is 5.78 Å². The fourth-order valence-corrected chi connectivity index (χ4v) is 5.72. The van der Waals surface area contributed by atoms with Crippen LogP contribution in [0.15, 0.2) is 34.9 Å². The van der Waals surface area contributed by atoms with E-state index in [1.54, 1.807) is 0 Å². The van der Waals surface area contributed by atoms with Gasteiger partial charge in [-0.2, -0.15) is 0 Å². The molecule has 0 heterocycles. The Labute approximate surface area is 136 Å². The predicted molar refractivity (Wildman–Crippen MR) is 85.4 cm³/mol. The molecule has 4 aliphatic carbocycles. The highest BCUT2D eigenvalue weighted by atomic mass is 16.4. The molecule has 0 bridgehead atoms. The third-order valence-electron chi connectivity index (χ3n) is 6.75. The fourth-order valence-electron chi connectivity index (χ4n) is 5.72. The minimum Gasteiger partial charge on any atom is -0.390 e. The van der Waals surface area contributed by atoms with Gasteiger partial charge in [0.15, 0.2) is 0 Å². The Morgan fingerprint density at radius 3 is 2.70 bits per heavy atom. The number of aliphatic hydroxyl groups is 3. The van der Waals surface area contributed by atoms with Gasteiger partial charge in [0.05, 0.1) is 12.2 Å². The van der Waals surface area contributed by atoms with Gasteiger partial charge >= 0.3 is 0 Å². The van der Waals surface area contributed by atoms with E-state index in [-0.39, 0.29) is 35.4 Å². The van der Waals surface area contributed by atoms with Crippen molar-refractivity contribution in [2.75, 3.05) is 0 Å². The summed E-state index contributed by atoms with van der Waals surface area (Å²) in [4.78, 5) is 12.7. The molecule has 4 nitrogen and oxygen atoms in total. The molecule has 124 valence electrons. The Bertz CT molecular complexity index is 658. The minimum atomic E-state index is -1.17. The van der Waals surface area contributed by atoms with E-state index in [1.165, 1.54) is 16.7 Å². The zero-order valence-corrected chi connectivity index (χ0v) is 13.6. The Kier molecular flexibility index (Phi) is 3.25. The second kappa shape index (κ2) is 4.88. The number of aliphatic hydroxyl groups excluding tert-OH is 3. The van der Waals surface area contributed by atoms with Crippen LogP contribution in [0.5, 0.6) is 0 Å². The molecule has 4 heteroatoms. The molecule has 7 atom stereocenters. The molecule has 3 N–H and O–H groups in total. The average molecular weight is 316 g/mol. The summed E-state index contributed by atoms with van der Waals surface area (Å²) in [6, 6.07) is 0. The molecule has 7 unspecified atom stereocenters. The Morgan fingerprint density at radius 1 is 1.22 bits per heavy atom. The van der Waals surface area contributed by atoms with Crippen molar-refractivity contribution in [1.29, 1.82) is 0 Å². The van der Waals surface area contributed by atoms with E-state index >= 15 is 0 Å². The highest BCUT2D eigenvalue weighted by Crippen LogP contribution is 2.61. The van der Waals surface area contributed by atoms with E-state index in [2.05, 4.69) is 26.0 Å².